The highest BCUT2D eigenvalue weighted by Crippen LogP contribution is 2.33. The molecule has 7 heteroatoms. The second kappa shape index (κ2) is 6.48. The molecule has 0 radical (unpaired) electrons. The average Bonchev–Trinajstić information content (AvgIpc) is 3.23. The summed E-state index contributed by atoms with van der Waals surface area (Å²) in [6.45, 7) is 9.63. The number of nitrogens with zero attached hydrogens (tertiary/aromatic N) is 5. The summed E-state index contributed by atoms with van der Waals surface area (Å²) in [5, 5.41) is 3.53. The Morgan fingerprint density at radius 1 is 1.22 bits per heavy atom. The molecule has 27 heavy (non-hydrogen) atoms. The van der Waals surface area contributed by atoms with Crippen molar-refractivity contribution in [3.63, 3.8) is 0 Å². The zero-order valence-electron chi connectivity index (χ0n) is 16.4. The highest BCUT2D eigenvalue weighted by Gasteiger charge is 2.33. The minimum atomic E-state index is -0.168. The van der Waals surface area contributed by atoms with Crippen LogP contribution in [0.2, 0.25) is 0 Å². The number of anilines is 1. The van der Waals surface area contributed by atoms with E-state index < -0.39 is 0 Å². The van der Waals surface area contributed by atoms with Gasteiger partial charge in [0.25, 0.3) is 0 Å². The molecule has 1 aromatic heterocycles. The molecule has 0 saturated carbocycles. The monoisotopic (exact) mass is 366 g/mol. The van der Waals surface area contributed by atoms with Gasteiger partial charge >= 0.3 is 5.69 Å². The number of imidazole rings is 1. The summed E-state index contributed by atoms with van der Waals surface area (Å²) >= 11 is 0. The van der Waals surface area contributed by atoms with Crippen LogP contribution in [0.5, 0.6) is 0 Å². The quantitative estimate of drug-likeness (QED) is 0.768. The second-order valence-corrected chi connectivity index (χ2v) is 8.26. The lowest BCUT2D eigenvalue weighted by molar-refractivity contribution is 0.547. The molecule has 4 rings (SSSR count). The molecule has 0 aliphatic carbocycles. The maximum Gasteiger partial charge on any atom is 0.331 e. The van der Waals surface area contributed by atoms with Crippen LogP contribution in [-0.4, -0.2) is 30.1 Å². The van der Waals surface area contributed by atoms with Crippen molar-refractivity contribution in [2.45, 2.75) is 65.1 Å². The first kappa shape index (κ1) is 17.7. The zero-order valence-corrected chi connectivity index (χ0v) is 16.4. The van der Waals surface area contributed by atoms with Crippen LogP contribution in [0.15, 0.2) is 29.3 Å². The maximum absolute atomic E-state index is 13.1. The molecule has 0 bridgehead atoms. The van der Waals surface area contributed by atoms with Crippen LogP contribution in [0.25, 0.3) is 11.5 Å². The SMILES string of the molecule is CCCn1c2nc(C(C)(C)C)nc-2c2n(c1=O)CC(Cc1ccncc1)N2. The van der Waals surface area contributed by atoms with Gasteiger partial charge in [0.15, 0.2) is 5.82 Å². The van der Waals surface area contributed by atoms with Crippen molar-refractivity contribution >= 4 is 5.82 Å². The molecular formula is C20H26N6O. The zero-order chi connectivity index (χ0) is 19.2. The summed E-state index contributed by atoms with van der Waals surface area (Å²) in [4.78, 5) is 26.8. The first-order chi connectivity index (χ1) is 12.9. The van der Waals surface area contributed by atoms with Crippen LogP contribution in [0, 0.1) is 0 Å². The molecular weight excluding hydrogens is 340 g/mol. The van der Waals surface area contributed by atoms with E-state index >= 15 is 0 Å². The number of fused-ring (bicyclic) bond motifs is 3. The Kier molecular flexibility index (Phi) is 4.25. The lowest BCUT2D eigenvalue weighted by Gasteiger charge is -2.13. The van der Waals surface area contributed by atoms with Crippen LogP contribution in [0.4, 0.5) is 5.82 Å². The molecule has 0 saturated heterocycles. The number of pyridine rings is 1. The topological polar surface area (TPSA) is 77.6 Å². The third kappa shape index (κ3) is 3.11. The molecule has 0 spiro atoms. The number of hydrogen-bond donors (Lipinski definition) is 1. The normalized spacial score (nSPS) is 16.5. The maximum atomic E-state index is 13.1. The molecule has 0 amide bonds. The number of aromatic nitrogens is 5. The van der Waals surface area contributed by atoms with Crippen molar-refractivity contribution in [1.29, 1.82) is 0 Å². The molecule has 1 atom stereocenters. The standard InChI is InChI=1S/C20H26N6O/c1-5-10-25-17-15(23-18(24-17)20(2,3)4)16-22-14(12-26(16)19(25)27)11-13-6-8-21-9-7-13/h6-9,14,22H,5,10-12H2,1-4H3. The Bertz CT molecular complexity index is 982. The van der Waals surface area contributed by atoms with Gasteiger partial charge in [0.1, 0.15) is 17.3 Å². The van der Waals surface area contributed by atoms with Gasteiger partial charge in [0.05, 0.1) is 0 Å². The van der Waals surface area contributed by atoms with Crippen molar-refractivity contribution < 1.29 is 0 Å². The van der Waals surface area contributed by atoms with E-state index in [1.165, 1.54) is 5.56 Å². The van der Waals surface area contributed by atoms with Gasteiger partial charge in [-0.3, -0.25) is 14.1 Å². The molecule has 1 aromatic rings. The van der Waals surface area contributed by atoms with Gasteiger partial charge < -0.3 is 5.32 Å². The Hall–Kier alpha value is -2.70. The van der Waals surface area contributed by atoms with Crippen molar-refractivity contribution in [2.75, 3.05) is 5.32 Å². The van der Waals surface area contributed by atoms with Gasteiger partial charge in [-0.25, -0.2) is 14.8 Å². The first-order valence-corrected chi connectivity index (χ1v) is 9.55. The molecule has 7 nitrogen and oxygen atoms in total. The molecule has 1 unspecified atom stereocenters. The fraction of sp³-hybridized carbons (Fsp3) is 0.500. The van der Waals surface area contributed by atoms with E-state index in [0.29, 0.717) is 18.9 Å². The van der Waals surface area contributed by atoms with Gasteiger partial charge in [-0.1, -0.05) is 27.7 Å². The summed E-state index contributed by atoms with van der Waals surface area (Å²) in [6.07, 6.45) is 5.31. The lowest BCUT2D eigenvalue weighted by atomic mass is 9.96. The number of hydrogen-bond acceptors (Lipinski definition) is 5. The Morgan fingerprint density at radius 3 is 2.63 bits per heavy atom. The van der Waals surface area contributed by atoms with E-state index in [0.717, 1.165) is 30.2 Å². The predicted octanol–water partition coefficient (Wildman–Crippen LogP) is 2.68. The average molecular weight is 366 g/mol. The minimum absolute atomic E-state index is 0.00978. The lowest BCUT2D eigenvalue weighted by Crippen LogP contribution is -2.32. The van der Waals surface area contributed by atoms with Crippen LogP contribution in [0.1, 0.15) is 45.5 Å². The fourth-order valence-corrected chi connectivity index (χ4v) is 3.60. The van der Waals surface area contributed by atoms with Crippen LogP contribution < -0.4 is 11.0 Å². The Labute approximate surface area is 158 Å². The molecule has 0 aromatic carbocycles. The fourth-order valence-electron chi connectivity index (χ4n) is 3.60. The highest BCUT2D eigenvalue weighted by atomic mass is 16.1. The molecule has 142 valence electrons. The molecule has 3 aliphatic heterocycles. The van der Waals surface area contributed by atoms with E-state index in [1.807, 2.05) is 16.7 Å². The number of nitrogens with one attached hydrogen (secondary N) is 1. The first-order valence-electron chi connectivity index (χ1n) is 9.55. The van der Waals surface area contributed by atoms with E-state index in [4.69, 9.17) is 9.97 Å². The predicted molar refractivity (Wildman–Crippen MR) is 105 cm³/mol. The third-order valence-corrected chi connectivity index (χ3v) is 4.95. The van der Waals surface area contributed by atoms with Crippen LogP contribution >= 0.6 is 0 Å². The van der Waals surface area contributed by atoms with E-state index in [2.05, 4.69) is 38.0 Å². The summed E-state index contributed by atoms with van der Waals surface area (Å²) in [5.41, 5.74) is 1.82. The molecule has 3 aliphatic rings. The minimum Gasteiger partial charge on any atom is -0.365 e. The summed E-state index contributed by atoms with van der Waals surface area (Å²) in [5.74, 6) is 2.26. The van der Waals surface area contributed by atoms with Crippen LogP contribution in [-0.2, 0) is 24.9 Å². The van der Waals surface area contributed by atoms with Crippen molar-refractivity contribution in [2.24, 2.45) is 0 Å². The van der Waals surface area contributed by atoms with Crippen molar-refractivity contribution in [1.82, 2.24) is 24.1 Å². The number of rotatable bonds is 4. The van der Waals surface area contributed by atoms with Crippen molar-refractivity contribution in [3.05, 3.63) is 46.4 Å². The second-order valence-electron chi connectivity index (χ2n) is 8.26. The van der Waals surface area contributed by atoms with Gasteiger partial charge in [0, 0.05) is 36.9 Å². The molecule has 4 heterocycles. The van der Waals surface area contributed by atoms with Gasteiger partial charge in [-0.15, -0.1) is 0 Å². The van der Waals surface area contributed by atoms with E-state index in [9.17, 15) is 4.79 Å². The van der Waals surface area contributed by atoms with Crippen LogP contribution in [0.3, 0.4) is 0 Å². The third-order valence-electron chi connectivity index (χ3n) is 4.95. The van der Waals surface area contributed by atoms with Gasteiger partial charge in [-0.05, 0) is 30.5 Å². The van der Waals surface area contributed by atoms with Gasteiger partial charge in [-0.2, -0.15) is 0 Å². The van der Waals surface area contributed by atoms with E-state index in [-0.39, 0.29) is 17.1 Å². The smallest absolute Gasteiger partial charge is 0.331 e. The summed E-state index contributed by atoms with van der Waals surface area (Å²) < 4.78 is 3.60. The largest absolute Gasteiger partial charge is 0.365 e. The Balaban J connectivity index is 1.78. The van der Waals surface area contributed by atoms with Crippen molar-refractivity contribution in [3.8, 4) is 11.5 Å². The highest BCUT2D eigenvalue weighted by molar-refractivity contribution is 5.70. The summed E-state index contributed by atoms with van der Waals surface area (Å²) in [6, 6.07) is 4.18. The van der Waals surface area contributed by atoms with Gasteiger partial charge in [0.2, 0.25) is 0 Å². The Morgan fingerprint density at radius 2 is 1.96 bits per heavy atom. The summed E-state index contributed by atoms with van der Waals surface area (Å²) in [7, 11) is 0. The van der Waals surface area contributed by atoms with E-state index in [1.54, 1.807) is 17.0 Å². The molecule has 1 N–H and O–H groups in total. The molecule has 0 fully saturated rings.